The third-order valence-electron chi connectivity index (χ3n) is 3.72. The summed E-state index contributed by atoms with van der Waals surface area (Å²) in [5.41, 5.74) is 2.94. The van der Waals surface area contributed by atoms with E-state index in [1.165, 1.54) is 36.9 Å². The van der Waals surface area contributed by atoms with Gasteiger partial charge < -0.3 is 5.32 Å². The zero-order chi connectivity index (χ0) is 10.7. The highest BCUT2D eigenvalue weighted by atomic mass is 14.9. The molecule has 1 aromatic rings. The van der Waals surface area contributed by atoms with Crippen LogP contribution in [-0.4, -0.2) is 12.6 Å². The standard InChI is InChI=1S/C14H21N/c1-3-12-8-9-15-14(12)10-13-7-5-4-6-11(13)2/h4-7,12,14-15H,3,8-10H2,1-2H3/t12-,14+/m0/s1. The van der Waals surface area contributed by atoms with Gasteiger partial charge in [0.1, 0.15) is 0 Å². The summed E-state index contributed by atoms with van der Waals surface area (Å²) in [6.45, 7) is 5.73. The smallest absolute Gasteiger partial charge is 0.0136 e. The first-order chi connectivity index (χ1) is 7.31. The Morgan fingerprint density at radius 2 is 2.13 bits per heavy atom. The van der Waals surface area contributed by atoms with Crippen molar-refractivity contribution in [3.8, 4) is 0 Å². The van der Waals surface area contributed by atoms with Crippen LogP contribution in [0.15, 0.2) is 24.3 Å². The summed E-state index contributed by atoms with van der Waals surface area (Å²) in [5.74, 6) is 0.879. The SMILES string of the molecule is CC[C@H]1CCN[C@@H]1Cc1ccccc1C. The van der Waals surface area contributed by atoms with Crippen LogP contribution in [-0.2, 0) is 6.42 Å². The summed E-state index contributed by atoms with van der Waals surface area (Å²) >= 11 is 0. The van der Waals surface area contributed by atoms with Crippen molar-refractivity contribution in [3.05, 3.63) is 35.4 Å². The van der Waals surface area contributed by atoms with E-state index in [0.29, 0.717) is 6.04 Å². The Morgan fingerprint density at radius 3 is 2.87 bits per heavy atom. The van der Waals surface area contributed by atoms with E-state index >= 15 is 0 Å². The number of aryl methyl sites for hydroxylation is 1. The molecule has 1 aliphatic rings. The minimum absolute atomic E-state index is 0.705. The molecule has 0 spiro atoms. The molecule has 1 aliphatic heterocycles. The van der Waals surface area contributed by atoms with Gasteiger partial charge in [0.2, 0.25) is 0 Å². The van der Waals surface area contributed by atoms with E-state index in [0.717, 1.165) is 5.92 Å². The lowest BCUT2D eigenvalue weighted by atomic mass is 9.91. The summed E-state index contributed by atoms with van der Waals surface area (Å²) < 4.78 is 0. The number of hydrogen-bond acceptors (Lipinski definition) is 1. The Labute approximate surface area is 92.9 Å². The number of hydrogen-bond donors (Lipinski definition) is 1. The summed E-state index contributed by atoms with van der Waals surface area (Å²) in [6, 6.07) is 9.46. The van der Waals surface area contributed by atoms with Gasteiger partial charge in [-0.15, -0.1) is 0 Å². The van der Waals surface area contributed by atoms with E-state index in [4.69, 9.17) is 0 Å². The van der Waals surface area contributed by atoms with Crippen LogP contribution in [0, 0.1) is 12.8 Å². The van der Waals surface area contributed by atoms with Crippen molar-refractivity contribution in [1.82, 2.24) is 5.32 Å². The van der Waals surface area contributed by atoms with Gasteiger partial charge in [-0.1, -0.05) is 37.6 Å². The minimum Gasteiger partial charge on any atom is -0.313 e. The van der Waals surface area contributed by atoms with Gasteiger partial charge >= 0.3 is 0 Å². The van der Waals surface area contributed by atoms with Gasteiger partial charge in [0, 0.05) is 6.04 Å². The molecule has 15 heavy (non-hydrogen) atoms. The van der Waals surface area contributed by atoms with E-state index in [9.17, 15) is 0 Å². The average molecular weight is 203 g/mol. The summed E-state index contributed by atoms with van der Waals surface area (Å²) in [7, 11) is 0. The zero-order valence-corrected chi connectivity index (χ0v) is 9.79. The molecule has 1 aromatic carbocycles. The molecule has 82 valence electrons. The van der Waals surface area contributed by atoms with Crippen LogP contribution in [0.25, 0.3) is 0 Å². The highest BCUT2D eigenvalue weighted by molar-refractivity contribution is 5.26. The van der Waals surface area contributed by atoms with Gasteiger partial charge in [0.05, 0.1) is 0 Å². The molecule has 0 unspecified atom stereocenters. The summed E-state index contributed by atoms with van der Waals surface area (Å²) in [4.78, 5) is 0. The first kappa shape index (κ1) is 10.7. The van der Waals surface area contributed by atoms with Crippen molar-refractivity contribution in [2.75, 3.05) is 6.54 Å². The predicted octanol–water partition coefficient (Wildman–Crippen LogP) is 2.93. The maximum Gasteiger partial charge on any atom is 0.0136 e. The fraction of sp³-hybridized carbons (Fsp3) is 0.571. The van der Waals surface area contributed by atoms with Crippen molar-refractivity contribution < 1.29 is 0 Å². The molecule has 1 nitrogen and oxygen atoms in total. The Hall–Kier alpha value is -0.820. The van der Waals surface area contributed by atoms with Gasteiger partial charge in [0.15, 0.2) is 0 Å². The second kappa shape index (κ2) is 4.80. The fourth-order valence-corrected chi connectivity index (χ4v) is 2.63. The summed E-state index contributed by atoms with van der Waals surface area (Å²) in [6.07, 6.45) is 3.86. The minimum atomic E-state index is 0.705. The maximum absolute atomic E-state index is 3.63. The Morgan fingerprint density at radius 1 is 1.33 bits per heavy atom. The van der Waals surface area contributed by atoms with E-state index < -0.39 is 0 Å². The molecule has 2 rings (SSSR count). The monoisotopic (exact) mass is 203 g/mol. The van der Waals surface area contributed by atoms with Crippen LogP contribution in [0.2, 0.25) is 0 Å². The van der Waals surface area contributed by atoms with E-state index in [1.54, 1.807) is 0 Å². The van der Waals surface area contributed by atoms with E-state index in [-0.39, 0.29) is 0 Å². The van der Waals surface area contributed by atoms with Gasteiger partial charge in [0.25, 0.3) is 0 Å². The summed E-state index contributed by atoms with van der Waals surface area (Å²) in [5, 5.41) is 3.63. The topological polar surface area (TPSA) is 12.0 Å². The van der Waals surface area contributed by atoms with Crippen LogP contribution in [0.1, 0.15) is 30.9 Å². The molecule has 0 saturated carbocycles. The van der Waals surface area contributed by atoms with Crippen molar-refractivity contribution in [2.45, 2.75) is 39.2 Å². The number of nitrogens with one attached hydrogen (secondary N) is 1. The van der Waals surface area contributed by atoms with E-state index in [2.05, 4.69) is 43.4 Å². The second-order valence-electron chi connectivity index (χ2n) is 4.65. The normalized spacial score (nSPS) is 25.7. The maximum atomic E-state index is 3.63. The molecule has 1 heterocycles. The van der Waals surface area contributed by atoms with Crippen LogP contribution in [0.4, 0.5) is 0 Å². The van der Waals surface area contributed by atoms with Crippen LogP contribution < -0.4 is 5.32 Å². The molecule has 0 aliphatic carbocycles. The third kappa shape index (κ3) is 2.40. The first-order valence-electron chi connectivity index (χ1n) is 6.09. The van der Waals surface area contributed by atoms with Gasteiger partial charge in [-0.3, -0.25) is 0 Å². The first-order valence-corrected chi connectivity index (χ1v) is 6.09. The molecular weight excluding hydrogens is 182 g/mol. The zero-order valence-electron chi connectivity index (χ0n) is 9.79. The van der Waals surface area contributed by atoms with Gasteiger partial charge in [-0.2, -0.15) is 0 Å². The lowest BCUT2D eigenvalue weighted by Crippen LogP contribution is -2.29. The van der Waals surface area contributed by atoms with E-state index in [1.807, 2.05) is 0 Å². The van der Waals surface area contributed by atoms with Crippen molar-refractivity contribution in [3.63, 3.8) is 0 Å². The third-order valence-corrected chi connectivity index (χ3v) is 3.72. The number of benzene rings is 1. The van der Waals surface area contributed by atoms with Crippen LogP contribution in [0.5, 0.6) is 0 Å². The van der Waals surface area contributed by atoms with Crippen molar-refractivity contribution in [1.29, 1.82) is 0 Å². The van der Waals surface area contributed by atoms with Crippen LogP contribution >= 0.6 is 0 Å². The largest absolute Gasteiger partial charge is 0.313 e. The highest BCUT2D eigenvalue weighted by Gasteiger charge is 2.25. The Bertz CT molecular complexity index is 319. The Balaban J connectivity index is 2.05. The molecule has 0 bridgehead atoms. The van der Waals surface area contributed by atoms with Gasteiger partial charge in [-0.05, 0) is 43.4 Å². The molecule has 1 heteroatoms. The fourth-order valence-electron chi connectivity index (χ4n) is 2.63. The molecule has 0 amide bonds. The number of rotatable bonds is 3. The molecule has 1 N–H and O–H groups in total. The second-order valence-corrected chi connectivity index (χ2v) is 4.65. The lowest BCUT2D eigenvalue weighted by Gasteiger charge is -2.19. The molecule has 0 aromatic heterocycles. The molecule has 2 atom stereocenters. The highest BCUT2D eigenvalue weighted by Crippen LogP contribution is 2.23. The van der Waals surface area contributed by atoms with Crippen molar-refractivity contribution in [2.24, 2.45) is 5.92 Å². The average Bonchev–Trinajstić information content (AvgIpc) is 2.69. The van der Waals surface area contributed by atoms with Crippen molar-refractivity contribution >= 4 is 0 Å². The predicted molar refractivity (Wildman–Crippen MR) is 65.1 cm³/mol. The quantitative estimate of drug-likeness (QED) is 0.796. The van der Waals surface area contributed by atoms with Crippen LogP contribution in [0.3, 0.4) is 0 Å². The Kier molecular flexibility index (Phi) is 3.42. The van der Waals surface area contributed by atoms with Gasteiger partial charge in [-0.25, -0.2) is 0 Å². The lowest BCUT2D eigenvalue weighted by molar-refractivity contribution is 0.432. The molecule has 1 fully saturated rings. The molecule has 1 saturated heterocycles. The molecule has 0 radical (unpaired) electrons. The molecular formula is C14H21N.